The van der Waals surface area contributed by atoms with Crippen LogP contribution < -0.4 is 0 Å². The molecule has 0 N–H and O–H groups in total. The molecule has 40 heavy (non-hydrogen) atoms. The van der Waals surface area contributed by atoms with E-state index in [4.69, 9.17) is 22.3 Å². The number of hydrogen-bond acceptors (Lipinski definition) is 4. The minimum absolute atomic E-state index is 0.216. The summed E-state index contributed by atoms with van der Waals surface area (Å²) < 4.78 is 10.9. The maximum atomic E-state index is 12.7. The SMILES string of the molecule is C#Cc1cc(C(=O)OCCCCCCCCCCCC)c(C#C)cc1C(=O)OCCCCCCCCCCCC. The molecule has 1 aromatic carbocycles. The van der Waals surface area contributed by atoms with Gasteiger partial charge in [-0.15, -0.1) is 12.8 Å². The highest BCUT2D eigenvalue weighted by Gasteiger charge is 2.20. The first-order valence-electron chi connectivity index (χ1n) is 16.0. The van der Waals surface area contributed by atoms with Gasteiger partial charge in [0.25, 0.3) is 0 Å². The molecule has 0 heterocycles. The number of ether oxygens (including phenoxy) is 2. The molecule has 0 amide bonds. The molecule has 4 heteroatoms. The lowest BCUT2D eigenvalue weighted by molar-refractivity contribution is 0.0482. The standard InChI is InChI=1S/C36H54O4/c1-5-9-11-13-15-17-19-21-23-25-27-39-35(37)33-29-32(8-4)34(30-31(33)7-3)36(38)40-28-26-24-22-20-18-16-14-12-10-6-2/h3-4,29-30H,5-6,9-28H2,1-2H3. The Morgan fingerprint density at radius 1 is 0.525 bits per heavy atom. The molecule has 222 valence electrons. The third kappa shape index (κ3) is 15.8. The van der Waals surface area contributed by atoms with Crippen LogP contribution in [0.15, 0.2) is 12.1 Å². The molecule has 0 fully saturated rings. The molecule has 0 aliphatic heterocycles. The number of terminal acetylenes is 2. The van der Waals surface area contributed by atoms with Crippen LogP contribution in [0, 0.1) is 24.7 Å². The fraction of sp³-hybridized carbons (Fsp3) is 0.667. The molecule has 0 unspecified atom stereocenters. The molecule has 0 aromatic heterocycles. The number of benzene rings is 1. The smallest absolute Gasteiger partial charge is 0.339 e. The highest BCUT2D eigenvalue weighted by atomic mass is 16.5. The van der Waals surface area contributed by atoms with Crippen molar-refractivity contribution in [1.29, 1.82) is 0 Å². The molecule has 0 aliphatic rings. The molecule has 0 aliphatic carbocycles. The summed E-state index contributed by atoms with van der Waals surface area (Å²) in [7, 11) is 0. The molecule has 1 rings (SSSR count). The first-order chi connectivity index (χ1) is 19.6. The van der Waals surface area contributed by atoms with Crippen molar-refractivity contribution >= 4 is 11.9 Å². The van der Waals surface area contributed by atoms with Gasteiger partial charge in [-0.3, -0.25) is 0 Å². The molecule has 0 atom stereocenters. The zero-order valence-electron chi connectivity index (χ0n) is 25.5. The van der Waals surface area contributed by atoms with E-state index < -0.39 is 11.9 Å². The Hall–Kier alpha value is -2.72. The lowest BCUT2D eigenvalue weighted by Gasteiger charge is -2.11. The van der Waals surface area contributed by atoms with Gasteiger partial charge in [-0.25, -0.2) is 9.59 Å². The Bertz CT molecular complexity index is 842. The number of carbonyl (C=O) groups is 2. The number of hydrogen-bond donors (Lipinski definition) is 0. The van der Waals surface area contributed by atoms with Gasteiger partial charge in [0, 0.05) is 11.1 Å². The third-order valence-corrected chi connectivity index (χ3v) is 7.37. The van der Waals surface area contributed by atoms with Crippen LogP contribution in [0.25, 0.3) is 0 Å². The summed E-state index contributed by atoms with van der Waals surface area (Å²) in [5.41, 5.74) is 1.01. The van der Waals surface area contributed by atoms with Gasteiger partial charge in [-0.2, -0.15) is 0 Å². The molecule has 0 saturated heterocycles. The molecule has 1 aromatic rings. The largest absolute Gasteiger partial charge is 0.462 e. The zero-order chi connectivity index (χ0) is 29.3. The van der Waals surface area contributed by atoms with Crippen molar-refractivity contribution in [3.63, 3.8) is 0 Å². The van der Waals surface area contributed by atoms with E-state index >= 15 is 0 Å². The number of rotatable bonds is 24. The second-order valence-electron chi connectivity index (χ2n) is 10.9. The second kappa shape index (κ2) is 24.1. The maximum absolute atomic E-state index is 12.7. The second-order valence-corrected chi connectivity index (χ2v) is 10.9. The van der Waals surface area contributed by atoms with Gasteiger partial charge in [0.15, 0.2) is 0 Å². The van der Waals surface area contributed by atoms with E-state index in [1.54, 1.807) is 0 Å². The van der Waals surface area contributed by atoms with Crippen molar-refractivity contribution in [3.8, 4) is 24.7 Å². The number of esters is 2. The van der Waals surface area contributed by atoms with Crippen LogP contribution in [0.5, 0.6) is 0 Å². The first kappa shape index (κ1) is 35.3. The quantitative estimate of drug-likeness (QED) is 0.0730. The van der Waals surface area contributed by atoms with E-state index in [9.17, 15) is 9.59 Å². The van der Waals surface area contributed by atoms with E-state index in [1.807, 2.05) is 0 Å². The molecular formula is C36H54O4. The lowest BCUT2D eigenvalue weighted by atomic mass is 9.98. The Morgan fingerprint density at radius 2 is 0.800 bits per heavy atom. The van der Waals surface area contributed by atoms with Crippen molar-refractivity contribution in [2.75, 3.05) is 13.2 Å². The van der Waals surface area contributed by atoms with Gasteiger partial charge in [0.05, 0.1) is 24.3 Å². The van der Waals surface area contributed by atoms with Gasteiger partial charge in [-0.1, -0.05) is 141 Å². The first-order valence-corrected chi connectivity index (χ1v) is 16.0. The highest BCUT2D eigenvalue weighted by Crippen LogP contribution is 2.20. The van der Waals surface area contributed by atoms with E-state index in [1.165, 1.54) is 102 Å². The fourth-order valence-electron chi connectivity index (χ4n) is 4.84. The van der Waals surface area contributed by atoms with Crippen LogP contribution in [-0.4, -0.2) is 25.2 Å². The van der Waals surface area contributed by atoms with E-state index in [0.29, 0.717) is 13.2 Å². The minimum atomic E-state index is -0.509. The Kier molecular flexibility index (Phi) is 21.3. The summed E-state index contributed by atoms with van der Waals surface area (Å²) in [5, 5.41) is 0. The number of carbonyl (C=O) groups excluding carboxylic acids is 2. The summed E-state index contributed by atoms with van der Waals surface area (Å²) in [6.07, 6.45) is 35.5. The van der Waals surface area contributed by atoms with Crippen LogP contribution in [0.2, 0.25) is 0 Å². The molecule has 4 nitrogen and oxygen atoms in total. The summed E-state index contributed by atoms with van der Waals surface area (Å²) >= 11 is 0. The highest BCUT2D eigenvalue weighted by molar-refractivity contribution is 5.98. The van der Waals surface area contributed by atoms with Gasteiger partial charge < -0.3 is 9.47 Å². The van der Waals surface area contributed by atoms with Gasteiger partial charge in [-0.05, 0) is 25.0 Å². The Labute approximate surface area is 245 Å². The third-order valence-electron chi connectivity index (χ3n) is 7.37. The maximum Gasteiger partial charge on any atom is 0.339 e. The topological polar surface area (TPSA) is 52.6 Å². The zero-order valence-corrected chi connectivity index (χ0v) is 25.5. The van der Waals surface area contributed by atoms with Crippen molar-refractivity contribution in [3.05, 3.63) is 34.4 Å². The van der Waals surface area contributed by atoms with Crippen molar-refractivity contribution < 1.29 is 19.1 Å². The average molecular weight is 551 g/mol. The predicted octanol–water partition coefficient (Wildman–Crippen LogP) is 9.80. The fourth-order valence-corrected chi connectivity index (χ4v) is 4.84. The van der Waals surface area contributed by atoms with E-state index in [-0.39, 0.29) is 22.3 Å². The monoisotopic (exact) mass is 550 g/mol. The molecule has 0 saturated carbocycles. The average Bonchev–Trinajstić information content (AvgIpc) is 2.97. The molecular weight excluding hydrogens is 496 g/mol. The van der Waals surface area contributed by atoms with Gasteiger partial charge in [0.2, 0.25) is 0 Å². The van der Waals surface area contributed by atoms with Crippen LogP contribution in [-0.2, 0) is 9.47 Å². The predicted molar refractivity (Wildman–Crippen MR) is 167 cm³/mol. The van der Waals surface area contributed by atoms with Gasteiger partial charge in [0.1, 0.15) is 0 Å². The minimum Gasteiger partial charge on any atom is -0.462 e. The molecule has 0 bridgehead atoms. The van der Waals surface area contributed by atoms with Crippen molar-refractivity contribution in [2.45, 2.75) is 142 Å². The van der Waals surface area contributed by atoms with Crippen molar-refractivity contribution in [2.24, 2.45) is 0 Å². The van der Waals surface area contributed by atoms with Gasteiger partial charge >= 0.3 is 11.9 Å². The Morgan fingerprint density at radius 3 is 1.07 bits per heavy atom. The van der Waals surface area contributed by atoms with E-state index in [2.05, 4.69) is 25.7 Å². The van der Waals surface area contributed by atoms with Crippen molar-refractivity contribution in [1.82, 2.24) is 0 Å². The Balaban J connectivity index is 2.39. The normalized spacial score (nSPS) is 10.6. The number of unbranched alkanes of at least 4 members (excludes halogenated alkanes) is 18. The van der Waals surface area contributed by atoms with Crippen LogP contribution >= 0.6 is 0 Å². The van der Waals surface area contributed by atoms with E-state index in [0.717, 1.165) is 38.5 Å². The van der Waals surface area contributed by atoms with Crippen LogP contribution in [0.4, 0.5) is 0 Å². The summed E-state index contributed by atoms with van der Waals surface area (Å²) in [6.45, 7) is 5.15. The van der Waals surface area contributed by atoms with Crippen LogP contribution in [0.3, 0.4) is 0 Å². The molecule has 0 spiro atoms. The summed E-state index contributed by atoms with van der Waals surface area (Å²) in [5.74, 6) is 3.98. The molecule has 0 radical (unpaired) electrons. The summed E-state index contributed by atoms with van der Waals surface area (Å²) in [6, 6.07) is 2.96. The van der Waals surface area contributed by atoms with Crippen LogP contribution in [0.1, 0.15) is 174 Å². The summed E-state index contributed by atoms with van der Waals surface area (Å²) in [4.78, 5) is 25.4. The lowest BCUT2D eigenvalue weighted by Crippen LogP contribution is -2.13.